The third kappa shape index (κ3) is 9.65. The standard InChI is InChI=1S/C36H39IN6O9S2/c1-36(2,38-35(44)45)23-53(46,47)31-19-18-30(37)32(34-39-41-43(40-34)22-26-10-16-29(52-5)17-11-26)33(31)54(48,49)42(20-24-6-12-27(50-3)13-7-24)21-25-8-14-28(51-4)15-9-25/h6-19,38H,20-23H2,1-5H3,(H,44,45). The van der Waals surface area contributed by atoms with Crippen molar-refractivity contribution in [2.45, 2.75) is 48.8 Å². The van der Waals surface area contributed by atoms with E-state index in [1.165, 1.54) is 49.3 Å². The van der Waals surface area contributed by atoms with Gasteiger partial charge in [0.15, 0.2) is 9.84 Å². The second-order valence-electron chi connectivity index (χ2n) is 12.8. The molecule has 286 valence electrons. The molecule has 0 saturated carbocycles. The van der Waals surface area contributed by atoms with Gasteiger partial charge in [-0.25, -0.2) is 21.6 Å². The predicted molar refractivity (Wildman–Crippen MR) is 208 cm³/mol. The summed E-state index contributed by atoms with van der Waals surface area (Å²) in [7, 11) is -4.70. The minimum Gasteiger partial charge on any atom is -0.497 e. The summed E-state index contributed by atoms with van der Waals surface area (Å²) in [5.41, 5.74) is 0.424. The van der Waals surface area contributed by atoms with Crippen LogP contribution in [-0.4, -0.2) is 85.2 Å². The van der Waals surface area contributed by atoms with Gasteiger partial charge in [0, 0.05) is 16.7 Å². The van der Waals surface area contributed by atoms with Gasteiger partial charge >= 0.3 is 6.09 Å². The molecule has 18 heteroatoms. The molecule has 15 nitrogen and oxygen atoms in total. The largest absolute Gasteiger partial charge is 0.497 e. The number of ether oxygens (including phenoxy) is 3. The molecule has 0 bridgehead atoms. The molecule has 0 atom stereocenters. The van der Waals surface area contributed by atoms with E-state index in [9.17, 15) is 18.3 Å². The van der Waals surface area contributed by atoms with E-state index in [4.69, 9.17) is 14.2 Å². The summed E-state index contributed by atoms with van der Waals surface area (Å²) in [5, 5.41) is 24.5. The maximum absolute atomic E-state index is 15.3. The van der Waals surface area contributed by atoms with Crippen molar-refractivity contribution >= 4 is 48.5 Å². The number of methoxy groups -OCH3 is 3. The zero-order valence-corrected chi connectivity index (χ0v) is 33.8. The number of sulfonamides is 1. The van der Waals surface area contributed by atoms with Gasteiger partial charge < -0.3 is 24.6 Å². The zero-order valence-electron chi connectivity index (χ0n) is 30.1. The quantitative estimate of drug-likeness (QED) is 0.123. The fourth-order valence-corrected chi connectivity index (χ4v) is 10.7. The smallest absolute Gasteiger partial charge is 0.405 e. The van der Waals surface area contributed by atoms with Crippen molar-refractivity contribution in [2.24, 2.45) is 0 Å². The first-order chi connectivity index (χ1) is 25.5. The summed E-state index contributed by atoms with van der Waals surface area (Å²) in [6.45, 7) is 2.64. The highest BCUT2D eigenvalue weighted by atomic mass is 127. The van der Waals surface area contributed by atoms with Crippen LogP contribution in [0.5, 0.6) is 17.2 Å². The van der Waals surface area contributed by atoms with Crippen molar-refractivity contribution in [3.63, 3.8) is 0 Å². The fourth-order valence-electron chi connectivity index (χ4n) is 5.66. The van der Waals surface area contributed by atoms with Crippen LogP contribution in [-0.2, 0) is 39.5 Å². The van der Waals surface area contributed by atoms with Gasteiger partial charge in [0.2, 0.25) is 15.8 Å². The van der Waals surface area contributed by atoms with Crippen molar-refractivity contribution in [3.05, 3.63) is 105 Å². The van der Waals surface area contributed by atoms with Crippen molar-refractivity contribution in [1.82, 2.24) is 29.8 Å². The number of tetrazole rings is 1. The van der Waals surface area contributed by atoms with Gasteiger partial charge in [-0.1, -0.05) is 36.4 Å². The number of nitrogens with one attached hydrogen (secondary N) is 1. The molecule has 54 heavy (non-hydrogen) atoms. The Hall–Kier alpha value is -4.79. The Morgan fingerprint density at radius 2 is 1.28 bits per heavy atom. The molecule has 1 heterocycles. The molecule has 4 aromatic carbocycles. The van der Waals surface area contributed by atoms with E-state index in [2.05, 4.69) is 20.7 Å². The Balaban J connectivity index is 1.71. The van der Waals surface area contributed by atoms with Crippen molar-refractivity contribution < 1.29 is 40.9 Å². The van der Waals surface area contributed by atoms with Gasteiger partial charge in [0.1, 0.15) is 22.1 Å². The summed E-state index contributed by atoms with van der Waals surface area (Å²) < 4.78 is 76.7. The van der Waals surface area contributed by atoms with Crippen LogP contribution in [0.3, 0.4) is 0 Å². The Labute approximate surface area is 327 Å². The van der Waals surface area contributed by atoms with E-state index >= 15 is 8.42 Å². The molecule has 0 aliphatic heterocycles. The van der Waals surface area contributed by atoms with E-state index in [1.54, 1.807) is 67.8 Å². The number of hydrogen-bond donors (Lipinski definition) is 2. The van der Waals surface area contributed by atoms with Crippen molar-refractivity contribution in [3.8, 4) is 28.6 Å². The minimum atomic E-state index is -4.76. The zero-order chi connectivity index (χ0) is 39.3. The number of carboxylic acid groups (broad SMARTS) is 1. The summed E-state index contributed by atoms with van der Waals surface area (Å²) >= 11 is 1.92. The number of nitrogens with zero attached hydrogens (tertiary/aromatic N) is 5. The van der Waals surface area contributed by atoms with E-state index in [1.807, 2.05) is 34.7 Å². The van der Waals surface area contributed by atoms with Gasteiger partial charge in [-0.05, 0) is 107 Å². The van der Waals surface area contributed by atoms with Crippen molar-refractivity contribution in [2.75, 3.05) is 27.1 Å². The summed E-state index contributed by atoms with van der Waals surface area (Å²) in [4.78, 5) is 11.7. The molecule has 5 aromatic rings. The van der Waals surface area contributed by atoms with Crippen LogP contribution in [0.4, 0.5) is 4.79 Å². The number of rotatable bonds is 16. The van der Waals surface area contributed by atoms with Gasteiger partial charge in [-0.3, -0.25) is 0 Å². The third-order valence-electron chi connectivity index (χ3n) is 8.20. The molecular weight excluding hydrogens is 851 g/mol. The molecule has 0 radical (unpaired) electrons. The Morgan fingerprint density at radius 3 is 1.74 bits per heavy atom. The average Bonchev–Trinajstić information content (AvgIpc) is 3.58. The van der Waals surface area contributed by atoms with E-state index in [0.717, 1.165) is 5.56 Å². The molecule has 2 N–H and O–H groups in total. The number of aromatic nitrogens is 4. The second-order valence-corrected chi connectivity index (χ2v) is 17.8. The van der Waals surface area contributed by atoms with Crippen LogP contribution < -0.4 is 19.5 Å². The second kappa shape index (κ2) is 16.7. The molecular formula is C36H39IN6O9S2. The van der Waals surface area contributed by atoms with Crippen molar-refractivity contribution in [1.29, 1.82) is 0 Å². The van der Waals surface area contributed by atoms with E-state index < -0.39 is 47.0 Å². The lowest BCUT2D eigenvalue weighted by Gasteiger charge is -2.27. The molecule has 0 saturated heterocycles. The number of sulfone groups is 1. The first-order valence-corrected chi connectivity index (χ1v) is 20.5. The van der Waals surface area contributed by atoms with Crippen LogP contribution in [0.2, 0.25) is 0 Å². The monoisotopic (exact) mass is 890 g/mol. The van der Waals surface area contributed by atoms with Crippen LogP contribution in [0.1, 0.15) is 30.5 Å². The van der Waals surface area contributed by atoms with Crippen LogP contribution in [0.25, 0.3) is 11.4 Å². The fraction of sp³-hybridized carbons (Fsp3) is 0.278. The van der Waals surface area contributed by atoms with E-state index in [-0.39, 0.29) is 31.0 Å². The van der Waals surface area contributed by atoms with Gasteiger partial charge in [-0.15, -0.1) is 10.2 Å². The van der Waals surface area contributed by atoms with Crippen LogP contribution in [0, 0.1) is 3.57 Å². The number of benzene rings is 4. The molecule has 0 unspecified atom stereocenters. The summed E-state index contributed by atoms with van der Waals surface area (Å²) in [5.74, 6) is 0.906. The Bertz CT molecular complexity index is 2270. The Kier molecular flexibility index (Phi) is 12.5. The maximum atomic E-state index is 15.3. The first-order valence-electron chi connectivity index (χ1n) is 16.3. The van der Waals surface area contributed by atoms with Gasteiger partial charge in [0.05, 0.1) is 49.6 Å². The first kappa shape index (κ1) is 40.4. The lowest BCUT2D eigenvalue weighted by Crippen LogP contribution is -2.48. The highest BCUT2D eigenvalue weighted by Crippen LogP contribution is 2.39. The highest BCUT2D eigenvalue weighted by molar-refractivity contribution is 14.1. The SMILES string of the molecule is COc1ccc(CN(Cc2ccc(OC)cc2)S(=O)(=O)c2c(S(=O)(=O)CC(C)(C)NC(=O)O)ccc(I)c2-c2nnn(Cc3ccc(OC)cc3)n2)cc1. The predicted octanol–water partition coefficient (Wildman–Crippen LogP) is 5.23. The lowest BCUT2D eigenvalue weighted by atomic mass is 10.1. The molecule has 1 aromatic heterocycles. The molecule has 0 spiro atoms. The molecule has 0 aliphatic carbocycles. The van der Waals surface area contributed by atoms with Gasteiger partial charge in [0.25, 0.3) is 0 Å². The highest BCUT2D eigenvalue weighted by Gasteiger charge is 2.39. The number of hydrogen-bond acceptors (Lipinski definition) is 11. The summed E-state index contributed by atoms with van der Waals surface area (Å²) in [6.07, 6.45) is -1.44. The number of carbonyl (C=O) groups is 1. The molecule has 0 fully saturated rings. The van der Waals surface area contributed by atoms with Gasteiger partial charge in [-0.2, -0.15) is 9.10 Å². The topological polar surface area (TPSA) is 192 Å². The van der Waals surface area contributed by atoms with E-state index in [0.29, 0.717) is 31.9 Å². The summed E-state index contributed by atoms with van der Waals surface area (Å²) in [6, 6.07) is 23.5. The minimum absolute atomic E-state index is 0.0730. The lowest BCUT2D eigenvalue weighted by molar-refractivity contribution is 0.184. The third-order valence-corrected chi connectivity index (χ3v) is 13.2. The molecule has 1 amide bonds. The normalized spacial score (nSPS) is 12.1. The van der Waals surface area contributed by atoms with Crippen LogP contribution in [0.15, 0.2) is 94.7 Å². The number of halogens is 1. The Morgan fingerprint density at radius 1 is 0.796 bits per heavy atom. The molecule has 0 aliphatic rings. The maximum Gasteiger partial charge on any atom is 0.405 e. The average molecular weight is 891 g/mol. The number of amides is 1. The van der Waals surface area contributed by atoms with Crippen LogP contribution >= 0.6 is 22.6 Å². The molecule has 5 rings (SSSR count).